The number of carbonyl (C=O) groups excluding carboxylic acids is 1. The van der Waals surface area contributed by atoms with Crippen molar-refractivity contribution in [1.29, 1.82) is 0 Å². The Morgan fingerprint density at radius 2 is 2.14 bits per heavy atom. The predicted molar refractivity (Wildman–Crippen MR) is 81.3 cm³/mol. The first kappa shape index (κ1) is 14.9. The maximum Gasteiger partial charge on any atom is 0.287 e. The smallest absolute Gasteiger partial charge is 0.287 e. The van der Waals surface area contributed by atoms with Crippen LogP contribution >= 0.6 is 15.9 Å². The Labute approximate surface area is 128 Å². The zero-order valence-electron chi connectivity index (χ0n) is 11.0. The van der Waals surface area contributed by atoms with Gasteiger partial charge in [0.25, 0.3) is 11.6 Å². The minimum Gasteiger partial charge on any atom is -0.356 e. The fourth-order valence-corrected chi connectivity index (χ4v) is 2.04. The fourth-order valence-electron chi connectivity index (χ4n) is 1.69. The molecule has 1 aromatic heterocycles. The van der Waals surface area contributed by atoms with Crippen molar-refractivity contribution in [2.75, 3.05) is 0 Å². The number of halogens is 1. The molecule has 1 amide bonds. The van der Waals surface area contributed by atoms with Gasteiger partial charge >= 0.3 is 0 Å². The van der Waals surface area contributed by atoms with Gasteiger partial charge in [0, 0.05) is 16.7 Å². The van der Waals surface area contributed by atoms with Crippen LogP contribution in [0.15, 0.2) is 46.1 Å². The molecule has 0 aliphatic heterocycles. The van der Waals surface area contributed by atoms with Gasteiger partial charge in [-0.3, -0.25) is 14.9 Å². The molecule has 0 atom stereocenters. The highest BCUT2D eigenvalue weighted by Crippen LogP contribution is 2.18. The van der Waals surface area contributed by atoms with Crippen LogP contribution in [0.3, 0.4) is 0 Å². The number of benzene rings is 1. The van der Waals surface area contributed by atoms with Crippen LogP contribution in [0.4, 0.5) is 5.69 Å². The normalized spacial score (nSPS) is 11.2. The Morgan fingerprint density at radius 3 is 2.76 bits per heavy atom. The standard InChI is InChI=1S/C13H11BrN4O3/c1-8(10-4-2-3-5-12(10)18(20)21)16-17-13(19)11-6-9(14)7-15-11/h2-7,15H,1H3,(H,17,19)/b16-8-. The van der Waals surface area contributed by atoms with E-state index < -0.39 is 10.8 Å². The molecule has 8 heteroatoms. The summed E-state index contributed by atoms with van der Waals surface area (Å²) >= 11 is 3.22. The first-order valence-electron chi connectivity index (χ1n) is 5.91. The molecule has 2 rings (SSSR count). The number of aromatic nitrogens is 1. The van der Waals surface area contributed by atoms with E-state index in [1.165, 1.54) is 6.07 Å². The number of H-pyrrole nitrogens is 1. The number of nitrogens with one attached hydrogen (secondary N) is 2. The number of amides is 1. The zero-order chi connectivity index (χ0) is 15.4. The van der Waals surface area contributed by atoms with Crippen molar-refractivity contribution >= 4 is 33.2 Å². The lowest BCUT2D eigenvalue weighted by Crippen LogP contribution is -2.19. The van der Waals surface area contributed by atoms with Crippen LogP contribution in [0.25, 0.3) is 0 Å². The third-order valence-electron chi connectivity index (χ3n) is 2.71. The number of nitro benzene ring substituents is 1. The molecule has 2 N–H and O–H groups in total. The van der Waals surface area contributed by atoms with Crippen molar-refractivity contribution in [1.82, 2.24) is 10.4 Å². The maximum absolute atomic E-state index is 11.8. The summed E-state index contributed by atoms with van der Waals surface area (Å²) in [5.74, 6) is -0.432. The van der Waals surface area contributed by atoms with Gasteiger partial charge in [0.1, 0.15) is 5.69 Å². The topological polar surface area (TPSA) is 100 Å². The molecular weight excluding hydrogens is 340 g/mol. The van der Waals surface area contributed by atoms with Crippen LogP contribution in [0.2, 0.25) is 0 Å². The number of para-hydroxylation sites is 1. The van der Waals surface area contributed by atoms with Gasteiger partial charge < -0.3 is 4.98 Å². The summed E-state index contributed by atoms with van der Waals surface area (Å²) in [6.07, 6.45) is 1.62. The van der Waals surface area contributed by atoms with Gasteiger partial charge in [0.15, 0.2) is 0 Å². The molecule has 0 fully saturated rings. The van der Waals surface area contributed by atoms with Gasteiger partial charge in [-0.25, -0.2) is 5.43 Å². The van der Waals surface area contributed by atoms with Gasteiger partial charge in [-0.1, -0.05) is 12.1 Å². The highest BCUT2D eigenvalue weighted by atomic mass is 79.9. The highest BCUT2D eigenvalue weighted by molar-refractivity contribution is 9.10. The Bertz CT molecular complexity index is 724. The fraction of sp³-hybridized carbons (Fsp3) is 0.0769. The Balaban J connectivity index is 2.18. The van der Waals surface area contributed by atoms with Gasteiger partial charge in [0.05, 0.1) is 16.2 Å². The zero-order valence-corrected chi connectivity index (χ0v) is 12.5. The van der Waals surface area contributed by atoms with Crippen molar-refractivity contribution in [3.05, 3.63) is 62.4 Å². The first-order valence-corrected chi connectivity index (χ1v) is 6.70. The van der Waals surface area contributed by atoms with E-state index in [9.17, 15) is 14.9 Å². The van der Waals surface area contributed by atoms with E-state index in [4.69, 9.17) is 0 Å². The van der Waals surface area contributed by atoms with E-state index in [2.05, 4.69) is 31.4 Å². The average Bonchev–Trinajstić information content (AvgIpc) is 2.91. The summed E-state index contributed by atoms with van der Waals surface area (Å²) in [7, 11) is 0. The summed E-state index contributed by atoms with van der Waals surface area (Å²) in [6.45, 7) is 1.59. The molecule has 0 saturated carbocycles. The van der Waals surface area contributed by atoms with Crippen LogP contribution in [-0.4, -0.2) is 21.5 Å². The molecule has 0 radical (unpaired) electrons. The van der Waals surface area contributed by atoms with E-state index in [1.54, 1.807) is 37.4 Å². The van der Waals surface area contributed by atoms with E-state index in [-0.39, 0.29) is 5.69 Å². The largest absolute Gasteiger partial charge is 0.356 e. The van der Waals surface area contributed by atoms with Gasteiger partial charge in [-0.15, -0.1) is 0 Å². The van der Waals surface area contributed by atoms with Gasteiger partial charge in [0.2, 0.25) is 0 Å². The van der Waals surface area contributed by atoms with E-state index in [0.29, 0.717) is 17.0 Å². The monoisotopic (exact) mass is 350 g/mol. The number of hydrazone groups is 1. The van der Waals surface area contributed by atoms with Gasteiger partial charge in [-0.2, -0.15) is 5.10 Å². The minimum absolute atomic E-state index is 0.0596. The predicted octanol–water partition coefficient (Wildman–Crippen LogP) is 2.84. The Kier molecular flexibility index (Phi) is 4.49. The average molecular weight is 351 g/mol. The van der Waals surface area contributed by atoms with Gasteiger partial charge in [-0.05, 0) is 35.0 Å². The van der Waals surface area contributed by atoms with Crippen molar-refractivity contribution < 1.29 is 9.72 Å². The molecule has 0 bridgehead atoms. The number of aromatic amines is 1. The number of hydrogen-bond donors (Lipinski definition) is 2. The number of carbonyl (C=O) groups is 1. The van der Waals surface area contributed by atoms with Crippen LogP contribution in [0, 0.1) is 10.1 Å². The van der Waals surface area contributed by atoms with E-state index in [0.717, 1.165) is 4.47 Å². The number of nitrogens with zero attached hydrogens (tertiary/aromatic N) is 2. The molecular formula is C13H11BrN4O3. The second-order valence-corrected chi connectivity index (χ2v) is 5.06. The number of rotatable bonds is 4. The Morgan fingerprint density at radius 1 is 1.43 bits per heavy atom. The van der Waals surface area contributed by atoms with E-state index in [1.807, 2.05) is 0 Å². The second kappa shape index (κ2) is 6.31. The van der Waals surface area contributed by atoms with Crippen LogP contribution in [0.1, 0.15) is 23.0 Å². The summed E-state index contributed by atoms with van der Waals surface area (Å²) in [4.78, 5) is 25.0. The SMILES string of the molecule is C/C(=N/NC(=O)c1cc(Br)c[nH]1)c1ccccc1[N+](=O)[O-]. The highest BCUT2D eigenvalue weighted by Gasteiger charge is 2.15. The van der Waals surface area contributed by atoms with Crippen LogP contribution in [-0.2, 0) is 0 Å². The van der Waals surface area contributed by atoms with Crippen molar-refractivity contribution in [2.45, 2.75) is 6.92 Å². The first-order chi connectivity index (χ1) is 9.99. The molecule has 2 aromatic rings. The summed E-state index contributed by atoms with van der Waals surface area (Å²) < 4.78 is 0.743. The molecule has 108 valence electrons. The second-order valence-electron chi connectivity index (χ2n) is 4.14. The lowest BCUT2D eigenvalue weighted by Gasteiger charge is -2.03. The summed E-state index contributed by atoms with van der Waals surface area (Å²) in [5.41, 5.74) is 3.33. The van der Waals surface area contributed by atoms with Crippen LogP contribution in [0.5, 0.6) is 0 Å². The third-order valence-corrected chi connectivity index (χ3v) is 3.17. The minimum atomic E-state index is -0.488. The molecule has 0 aliphatic rings. The maximum atomic E-state index is 11.8. The molecule has 7 nitrogen and oxygen atoms in total. The summed E-state index contributed by atoms with van der Waals surface area (Å²) in [6, 6.07) is 7.81. The van der Waals surface area contributed by atoms with E-state index >= 15 is 0 Å². The van der Waals surface area contributed by atoms with Crippen molar-refractivity contribution in [3.63, 3.8) is 0 Å². The number of hydrogen-bond acceptors (Lipinski definition) is 4. The van der Waals surface area contributed by atoms with Crippen molar-refractivity contribution in [3.8, 4) is 0 Å². The molecule has 1 aromatic carbocycles. The summed E-state index contributed by atoms with van der Waals surface area (Å²) in [5, 5.41) is 14.8. The lowest BCUT2D eigenvalue weighted by atomic mass is 10.1. The molecule has 0 saturated heterocycles. The molecule has 0 spiro atoms. The van der Waals surface area contributed by atoms with Crippen molar-refractivity contribution in [2.24, 2.45) is 5.10 Å². The third kappa shape index (κ3) is 3.54. The molecule has 21 heavy (non-hydrogen) atoms. The number of nitro groups is 1. The molecule has 1 heterocycles. The molecule has 0 aliphatic carbocycles. The molecule has 0 unspecified atom stereocenters. The Hall–Kier alpha value is -2.48. The lowest BCUT2D eigenvalue weighted by molar-refractivity contribution is -0.385. The van der Waals surface area contributed by atoms with Crippen LogP contribution < -0.4 is 5.43 Å². The quantitative estimate of drug-likeness (QED) is 0.503.